The molecule has 0 saturated carbocycles. The Morgan fingerprint density at radius 2 is 2.12 bits per heavy atom. The van der Waals surface area contributed by atoms with Crippen LogP contribution in [0.15, 0.2) is 0 Å². The molecule has 0 amide bonds. The molecule has 2 N–H and O–H groups in total. The van der Waals surface area contributed by atoms with E-state index in [4.69, 9.17) is 5.73 Å². The molecule has 1 unspecified atom stereocenters. The van der Waals surface area contributed by atoms with E-state index < -0.39 is 0 Å². The summed E-state index contributed by atoms with van der Waals surface area (Å²) in [4.78, 5) is 2.34. The van der Waals surface area contributed by atoms with Crippen LogP contribution in [0.5, 0.6) is 0 Å². The third-order valence-corrected chi connectivity index (χ3v) is 3.72. The summed E-state index contributed by atoms with van der Waals surface area (Å²) in [6.07, 6.45) is 2.55. The number of nitrogens with two attached hydrogens (primary N) is 1. The molecule has 2 rings (SSSR count). The number of anilines is 1. The van der Waals surface area contributed by atoms with Gasteiger partial charge in [-0.05, 0) is 38.2 Å². The Morgan fingerprint density at radius 1 is 1.35 bits per heavy atom. The van der Waals surface area contributed by atoms with E-state index in [1.54, 1.807) is 0 Å². The summed E-state index contributed by atoms with van der Waals surface area (Å²) < 4.78 is 0. The Bertz CT molecular complexity index is 403. The zero-order valence-electron chi connectivity index (χ0n) is 11.0. The van der Waals surface area contributed by atoms with Crippen molar-refractivity contribution in [3.63, 3.8) is 0 Å². The first-order valence-corrected chi connectivity index (χ1v) is 6.41. The van der Waals surface area contributed by atoms with Gasteiger partial charge in [0.2, 0.25) is 0 Å². The molecule has 94 valence electrons. The summed E-state index contributed by atoms with van der Waals surface area (Å²) in [5, 5.41) is 8.60. The van der Waals surface area contributed by atoms with Gasteiger partial charge in [0, 0.05) is 25.2 Å². The van der Waals surface area contributed by atoms with Gasteiger partial charge in [-0.25, -0.2) is 0 Å². The van der Waals surface area contributed by atoms with Crippen molar-refractivity contribution in [2.75, 3.05) is 18.0 Å². The molecule has 1 aliphatic heterocycles. The molecule has 4 heteroatoms. The zero-order valence-corrected chi connectivity index (χ0v) is 11.0. The number of aryl methyl sites for hydroxylation is 1. The van der Waals surface area contributed by atoms with Crippen LogP contribution < -0.4 is 10.6 Å². The highest BCUT2D eigenvalue weighted by Crippen LogP contribution is 2.26. The molecule has 2 heterocycles. The van der Waals surface area contributed by atoms with Crippen molar-refractivity contribution in [3.8, 4) is 0 Å². The molecule has 1 aliphatic rings. The molecule has 17 heavy (non-hydrogen) atoms. The van der Waals surface area contributed by atoms with Gasteiger partial charge in [-0.3, -0.25) is 0 Å². The summed E-state index contributed by atoms with van der Waals surface area (Å²) in [6.45, 7) is 9.07. The Balaban J connectivity index is 2.34. The molecular formula is C13H22N4. The zero-order chi connectivity index (χ0) is 12.4. The highest BCUT2D eigenvalue weighted by Gasteiger charge is 2.21. The minimum atomic E-state index is 0.544. The Morgan fingerprint density at radius 3 is 2.76 bits per heavy atom. The Hall–Kier alpha value is -1.16. The number of nitrogens with zero attached hydrogens (tertiary/aromatic N) is 3. The maximum atomic E-state index is 5.87. The minimum Gasteiger partial charge on any atom is -0.355 e. The third kappa shape index (κ3) is 2.41. The Labute approximate surface area is 103 Å². The fourth-order valence-corrected chi connectivity index (χ4v) is 2.52. The van der Waals surface area contributed by atoms with Gasteiger partial charge >= 0.3 is 0 Å². The van der Waals surface area contributed by atoms with Crippen LogP contribution in [0, 0.1) is 19.8 Å². The number of hydrogen-bond donors (Lipinski definition) is 1. The summed E-state index contributed by atoms with van der Waals surface area (Å²) in [7, 11) is 0. The summed E-state index contributed by atoms with van der Waals surface area (Å²) in [5.74, 6) is 1.74. The molecule has 0 bridgehead atoms. The van der Waals surface area contributed by atoms with Gasteiger partial charge in [-0.1, -0.05) is 6.92 Å². The molecule has 1 saturated heterocycles. The van der Waals surface area contributed by atoms with Crippen molar-refractivity contribution in [1.82, 2.24) is 10.2 Å². The van der Waals surface area contributed by atoms with Crippen LogP contribution in [0.4, 0.5) is 5.82 Å². The molecule has 1 atom stereocenters. The predicted molar refractivity (Wildman–Crippen MR) is 70.0 cm³/mol. The van der Waals surface area contributed by atoms with Crippen LogP contribution >= 0.6 is 0 Å². The standard InChI is InChI=1S/C13H22N4/c1-9-5-4-6-17(8-9)13-12(7-14)10(2)11(3)15-16-13/h9H,4-8,14H2,1-3H3. The van der Waals surface area contributed by atoms with Gasteiger partial charge in [0.05, 0.1) is 5.69 Å². The third-order valence-electron chi connectivity index (χ3n) is 3.72. The van der Waals surface area contributed by atoms with Crippen molar-refractivity contribution >= 4 is 5.82 Å². The lowest BCUT2D eigenvalue weighted by molar-refractivity contribution is 0.442. The van der Waals surface area contributed by atoms with Crippen molar-refractivity contribution in [1.29, 1.82) is 0 Å². The molecule has 4 nitrogen and oxygen atoms in total. The van der Waals surface area contributed by atoms with Crippen LogP contribution in [0.3, 0.4) is 0 Å². The normalized spacial score (nSPS) is 20.7. The van der Waals surface area contributed by atoms with Gasteiger partial charge in [-0.15, -0.1) is 5.10 Å². The maximum Gasteiger partial charge on any atom is 0.156 e. The van der Waals surface area contributed by atoms with Gasteiger partial charge in [0.1, 0.15) is 0 Å². The fourth-order valence-electron chi connectivity index (χ4n) is 2.52. The minimum absolute atomic E-state index is 0.544. The maximum absolute atomic E-state index is 5.87. The van der Waals surface area contributed by atoms with Crippen LogP contribution in [0.2, 0.25) is 0 Å². The number of rotatable bonds is 2. The summed E-state index contributed by atoms with van der Waals surface area (Å²) in [6, 6.07) is 0. The monoisotopic (exact) mass is 234 g/mol. The van der Waals surface area contributed by atoms with E-state index in [0.717, 1.165) is 36.1 Å². The molecule has 0 aliphatic carbocycles. The van der Waals surface area contributed by atoms with E-state index in [1.165, 1.54) is 18.4 Å². The second-order valence-corrected chi connectivity index (χ2v) is 5.11. The smallest absolute Gasteiger partial charge is 0.156 e. The lowest BCUT2D eigenvalue weighted by atomic mass is 9.99. The molecule has 0 radical (unpaired) electrons. The largest absolute Gasteiger partial charge is 0.355 e. The van der Waals surface area contributed by atoms with E-state index in [0.29, 0.717) is 6.54 Å². The van der Waals surface area contributed by atoms with Gasteiger partial charge < -0.3 is 10.6 Å². The quantitative estimate of drug-likeness (QED) is 0.847. The highest BCUT2D eigenvalue weighted by atomic mass is 15.3. The number of hydrogen-bond acceptors (Lipinski definition) is 4. The topological polar surface area (TPSA) is 55.0 Å². The average molecular weight is 234 g/mol. The highest BCUT2D eigenvalue weighted by molar-refractivity contribution is 5.50. The Kier molecular flexibility index (Phi) is 3.62. The molecule has 1 aromatic heterocycles. The van der Waals surface area contributed by atoms with Crippen molar-refractivity contribution < 1.29 is 0 Å². The fraction of sp³-hybridized carbons (Fsp3) is 0.692. The lowest BCUT2D eigenvalue weighted by Crippen LogP contribution is -2.36. The van der Waals surface area contributed by atoms with Crippen LogP contribution in [-0.4, -0.2) is 23.3 Å². The molecular weight excluding hydrogens is 212 g/mol. The van der Waals surface area contributed by atoms with E-state index in [2.05, 4.69) is 28.9 Å². The number of aromatic nitrogens is 2. The van der Waals surface area contributed by atoms with Crippen molar-refractivity contribution in [2.24, 2.45) is 11.7 Å². The molecule has 1 aromatic rings. The van der Waals surface area contributed by atoms with Gasteiger partial charge in [-0.2, -0.15) is 5.10 Å². The van der Waals surface area contributed by atoms with Gasteiger partial charge in [0.25, 0.3) is 0 Å². The van der Waals surface area contributed by atoms with E-state index >= 15 is 0 Å². The average Bonchev–Trinajstić information content (AvgIpc) is 2.32. The predicted octanol–water partition coefficient (Wildman–Crippen LogP) is 1.79. The molecule has 0 spiro atoms. The van der Waals surface area contributed by atoms with Crippen LogP contribution in [0.25, 0.3) is 0 Å². The summed E-state index contributed by atoms with van der Waals surface area (Å²) >= 11 is 0. The van der Waals surface area contributed by atoms with Crippen LogP contribution in [0.1, 0.15) is 36.6 Å². The first kappa shape index (κ1) is 12.3. The molecule has 1 fully saturated rings. The second kappa shape index (κ2) is 5.00. The van der Waals surface area contributed by atoms with Crippen molar-refractivity contribution in [2.45, 2.75) is 40.2 Å². The van der Waals surface area contributed by atoms with E-state index in [9.17, 15) is 0 Å². The second-order valence-electron chi connectivity index (χ2n) is 5.11. The van der Waals surface area contributed by atoms with E-state index in [-0.39, 0.29) is 0 Å². The van der Waals surface area contributed by atoms with Crippen molar-refractivity contribution in [3.05, 3.63) is 16.8 Å². The number of piperidine rings is 1. The first-order chi connectivity index (χ1) is 8.13. The first-order valence-electron chi connectivity index (χ1n) is 6.41. The van der Waals surface area contributed by atoms with E-state index in [1.807, 2.05) is 6.92 Å². The SMILES string of the molecule is Cc1nnc(N2CCCC(C)C2)c(CN)c1C. The lowest BCUT2D eigenvalue weighted by Gasteiger charge is -2.33. The molecule has 0 aromatic carbocycles. The van der Waals surface area contributed by atoms with Gasteiger partial charge in [0.15, 0.2) is 5.82 Å². The van der Waals surface area contributed by atoms with Crippen LogP contribution in [-0.2, 0) is 6.54 Å². The summed E-state index contributed by atoms with van der Waals surface area (Å²) in [5.41, 5.74) is 9.20.